The van der Waals surface area contributed by atoms with Gasteiger partial charge in [-0.3, -0.25) is 14.2 Å². The molecule has 1 aliphatic rings. The van der Waals surface area contributed by atoms with E-state index < -0.39 is 0 Å². The van der Waals surface area contributed by atoms with Gasteiger partial charge in [0, 0.05) is 35.4 Å². The minimum Gasteiger partial charge on any atom is -0.351 e. The van der Waals surface area contributed by atoms with Crippen molar-refractivity contribution in [3.8, 4) is 0 Å². The molecule has 1 aliphatic carbocycles. The van der Waals surface area contributed by atoms with Gasteiger partial charge < -0.3 is 4.57 Å². The number of hydrogen-bond acceptors (Lipinski definition) is 5. The third kappa shape index (κ3) is 3.58. The maximum Gasteiger partial charge on any atom is 0.263 e. The Morgan fingerprint density at radius 1 is 1.43 bits per heavy atom. The van der Waals surface area contributed by atoms with Crippen molar-refractivity contribution < 1.29 is 4.79 Å². The first-order valence-corrected chi connectivity index (χ1v) is 12.1. The quantitative estimate of drug-likeness (QED) is 0.241. The number of rotatable bonds is 6. The topological polar surface area (TPSA) is 56.9 Å². The van der Waals surface area contributed by atoms with E-state index in [9.17, 15) is 9.59 Å². The normalized spacial score (nSPS) is 16.1. The lowest BCUT2D eigenvalue weighted by atomic mass is 9.89. The van der Waals surface area contributed by atoms with E-state index in [0.717, 1.165) is 46.4 Å². The highest BCUT2D eigenvalue weighted by atomic mass is 32.2. The summed E-state index contributed by atoms with van der Waals surface area (Å²) in [5.41, 5.74) is 3.94. The number of fused-ring (bicyclic) bond motifs is 3. The zero-order chi connectivity index (χ0) is 21.6. The lowest BCUT2D eigenvalue weighted by molar-refractivity contribution is 0.102. The Hall–Kier alpha value is -2.12. The molecule has 3 aromatic heterocycles. The Balaban J connectivity index is 1.70. The Morgan fingerprint density at radius 3 is 2.87 bits per heavy atom. The van der Waals surface area contributed by atoms with Crippen molar-refractivity contribution in [3.63, 3.8) is 0 Å². The molecule has 7 heteroatoms. The fourth-order valence-corrected chi connectivity index (χ4v) is 6.47. The highest BCUT2D eigenvalue weighted by molar-refractivity contribution is 7.99. The summed E-state index contributed by atoms with van der Waals surface area (Å²) in [4.78, 5) is 33.1. The summed E-state index contributed by atoms with van der Waals surface area (Å²) in [5.74, 6) is 0.951. The number of aromatic nitrogens is 3. The molecule has 1 atom stereocenters. The second kappa shape index (κ2) is 8.19. The van der Waals surface area contributed by atoms with Crippen molar-refractivity contribution in [3.05, 3.63) is 56.5 Å². The average molecular weight is 442 g/mol. The molecule has 0 aromatic carbocycles. The van der Waals surface area contributed by atoms with Crippen molar-refractivity contribution in [1.29, 1.82) is 0 Å². The van der Waals surface area contributed by atoms with Crippen molar-refractivity contribution in [2.45, 2.75) is 51.7 Å². The van der Waals surface area contributed by atoms with Crippen LogP contribution in [0.15, 0.2) is 28.7 Å². The molecule has 30 heavy (non-hydrogen) atoms. The highest BCUT2D eigenvalue weighted by Crippen LogP contribution is 2.36. The summed E-state index contributed by atoms with van der Waals surface area (Å²) in [6, 6.07) is 1.93. The van der Waals surface area contributed by atoms with E-state index in [1.54, 1.807) is 22.0 Å². The second-order valence-electron chi connectivity index (χ2n) is 8.19. The summed E-state index contributed by atoms with van der Waals surface area (Å²) >= 11 is 2.99. The van der Waals surface area contributed by atoms with E-state index in [1.807, 2.05) is 31.5 Å². The molecule has 5 nitrogen and oxygen atoms in total. The van der Waals surface area contributed by atoms with E-state index >= 15 is 0 Å². The molecule has 0 saturated carbocycles. The first-order valence-electron chi connectivity index (χ1n) is 10.3. The molecule has 3 heterocycles. The molecule has 0 aliphatic heterocycles. The number of allylic oxidation sites excluding steroid dienone is 1. The second-order valence-corrected chi connectivity index (χ2v) is 10.2. The molecule has 0 spiro atoms. The van der Waals surface area contributed by atoms with Gasteiger partial charge in [0.05, 0.1) is 11.1 Å². The average Bonchev–Trinajstić information content (AvgIpc) is 3.20. The van der Waals surface area contributed by atoms with Crippen molar-refractivity contribution in [2.75, 3.05) is 5.75 Å². The van der Waals surface area contributed by atoms with E-state index in [-0.39, 0.29) is 17.1 Å². The van der Waals surface area contributed by atoms with Crippen LogP contribution in [0, 0.1) is 19.8 Å². The fraction of sp³-hybridized carbons (Fsp3) is 0.435. The summed E-state index contributed by atoms with van der Waals surface area (Å²) < 4.78 is 3.69. The molecular formula is C23H27N3O2S2. The number of carbonyl (C=O) groups is 1. The monoisotopic (exact) mass is 441 g/mol. The van der Waals surface area contributed by atoms with E-state index in [1.165, 1.54) is 22.2 Å². The lowest BCUT2D eigenvalue weighted by Crippen LogP contribution is -2.24. The van der Waals surface area contributed by atoms with E-state index in [4.69, 9.17) is 4.98 Å². The zero-order valence-corrected chi connectivity index (χ0v) is 19.6. The van der Waals surface area contributed by atoms with Crippen LogP contribution in [-0.4, -0.2) is 25.7 Å². The Bertz CT molecular complexity index is 1220. The molecule has 0 amide bonds. The van der Waals surface area contributed by atoms with Gasteiger partial charge >= 0.3 is 0 Å². The standard InChI is InChI=1S/C23H27N3O2S2/c1-6-9-26-22(28)20-16-8-7-13(2)10-19(16)30-21(20)24-23(26)29-12-18(27)17-11-14(3)25(5)15(17)4/h6,11,13H,1,7-10,12H2,2-5H3. The van der Waals surface area contributed by atoms with Gasteiger partial charge in [-0.1, -0.05) is 24.8 Å². The molecular weight excluding hydrogens is 414 g/mol. The van der Waals surface area contributed by atoms with Gasteiger partial charge in [0.1, 0.15) is 4.83 Å². The van der Waals surface area contributed by atoms with Gasteiger partial charge in [-0.25, -0.2) is 4.98 Å². The van der Waals surface area contributed by atoms with Gasteiger partial charge in [0.25, 0.3) is 5.56 Å². The van der Waals surface area contributed by atoms with Gasteiger partial charge in [0.15, 0.2) is 10.9 Å². The first-order chi connectivity index (χ1) is 14.3. The van der Waals surface area contributed by atoms with Crippen LogP contribution < -0.4 is 5.56 Å². The predicted octanol–water partition coefficient (Wildman–Crippen LogP) is 4.70. The summed E-state index contributed by atoms with van der Waals surface area (Å²) in [5, 5.41) is 1.37. The SMILES string of the molecule is C=CCn1c(SCC(=O)c2cc(C)n(C)c2C)nc2sc3c(c2c1=O)CCC(C)C3. The molecule has 0 N–H and O–H groups in total. The number of ketones is 1. The highest BCUT2D eigenvalue weighted by Gasteiger charge is 2.25. The summed E-state index contributed by atoms with van der Waals surface area (Å²) in [6.07, 6.45) is 4.79. The van der Waals surface area contributed by atoms with Crippen molar-refractivity contribution in [2.24, 2.45) is 13.0 Å². The molecule has 158 valence electrons. The summed E-state index contributed by atoms with van der Waals surface area (Å²) in [7, 11) is 1.96. The van der Waals surface area contributed by atoms with Gasteiger partial charge in [0.2, 0.25) is 0 Å². The van der Waals surface area contributed by atoms with Crippen LogP contribution in [0.3, 0.4) is 0 Å². The largest absolute Gasteiger partial charge is 0.351 e. The minimum absolute atomic E-state index is 0.00589. The van der Waals surface area contributed by atoms with Gasteiger partial charge in [-0.2, -0.15) is 0 Å². The minimum atomic E-state index is -0.00589. The number of carbonyl (C=O) groups excluding carboxylic acids is 1. The van der Waals surface area contributed by atoms with Crippen LogP contribution in [0.25, 0.3) is 10.2 Å². The maximum absolute atomic E-state index is 13.4. The molecule has 0 radical (unpaired) electrons. The van der Waals surface area contributed by atoms with Crippen LogP contribution in [-0.2, 0) is 26.4 Å². The Labute approximate surface area is 184 Å². The third-order valence-corrected chi connectivity index (χ3v) is 8.22. The maximum atomic E-state index is 13.4. The number of hydrogen-bond donors (Lipinski definition) is 0. The van der Waals surface area contributed by atoms with Crippen LogP contribution in [0.2, 0.25) is 0 Å². The number of Topliss-reactive ketones (excluding diaryl/α,β-unsaturated/α-hetero) is 1. The molecule has 1 unspecified atom stereocenters. The van der Waals surface area contributed by atoms with Crippen LogP contribution in [0.4, 0.5) is 0 Å². The predicted molar refractivity (Wildman–Crippen MR) is 125 cm³/mol. The molecule has 0 fully saturated rings. The smallest absolute Gasteiger partial charge is 0.263 e. The zero-order valence-electron chi connectivity index (χ0n) is 17.9. The van der Waals surface area contributed by atoms with Crippen LogP contribution in [0.5, 0.6) is 0 Å². The first kappa shape index (κ1) is 21.1. The van der Waals surface area contributed by atoms with Gasteiger partial charge in [-0.15, -0.1) is 17.9 Å². The van der Waals surface area contributed by atoms with Crippen molar-refractivity contribution >= 4 is 39.1 Å². The number of thiophene rings is 1. The molecule has 4 rings (SSSR count). The fourth-order valence-electron chi connectivity index (χ4n) is 4.15. The molecule has 0 bridgehead atoms. The third-order valence-electron chi connectivity index (χ3n) is 6.10. The Kier molecular flexibility index (Phi) is 5.77. The summed E-state index contributed by atoms with van der Waals surface area (Å²) in [6.45, 7) is 10.4. The van der Waals surface area contributed by atoms with Crippen LogP contribution in [0.1, 0.15) is 45.5 Å². The van der Waals surface area contributed by atoms with E-state index in [0.29, 0.717) is 17.6 Å². The molecule has 3 aromatic rings. The number of aryl methyl sites for hydroxylation is 2. The van der Waals surface area contributed by atoms with Crippen molar-refractivity contribution in [1.82, 2.24) is 14.1 Å². The lowest BCUT2D eigenvalue weighted by Gasteiger charge is -2.17. The number of nitrogens with zero attached hydrogens (tertiary/aromatic N) is 3. The van der Waals surface area contributed by atoms with E-state index in [2.05, 4.69) is 13.5 Å². The Morgan fingerprint density at radius 2 is 2.20 bits per heavy atom. The van der Waals surface area contributed by atoms with Crippen LogP contribution >= 0.6 is 23.1 Å². The number of thioether (sulfide) groups is 1. The van der Waals surface area contributed by atoms with Gasteiger partial charge in [-0.05, 0) is 50.7 Å². The molecule has 0 saturated heterocycles.